The molecule has 0 saturated heterocycles. The number of nitrogens with zero attached hydrogens (tertiary/aromatic N) is 1. The zero-order chi connectivity index (χ0) is 13.7. The van der Waals surface area contributed by atoms with Gasteiger partial charge in [-0.15, -0.1) is 11.8 Å². The average Bonchev–Trinajstić information content (AvgIpc) is 2.48. The van der Waals surface area contributed by atoms with Crippen molar-refractivity contribution < 1.29 is 4.79 Å². The molecule has 1 aromatic carbocycles. The third-order valence-corrected chi connectivity index (χ3v) is 3.63. The lowest BCUT2D eigenvalue weighted by molar-refractivity contribution is 0.0940. The number of carbonyl (C=O) groups excluding carboxylic acids is 1. The monoisotopic (exact) mass is 272 g/mol. The Morgan fingerprint density at radius 3 is 2.58 bits per heavy atom. The van der Waals surface area contributed by atoms with E-state index >= 15 is 0 Å². The van der Waals surface area contributed by atoms with Gasteiger partial charge in [0, 0.05) is 22.9 Å². The lowest BCUT2D eigenvalue weighted by atomic mass is 10.1. The molecule has 0 saturated carbocycles. The van der Waals surface area contributed by atoms with E-state index in [9.17, 15) is 4.79 Å². The maximum atomic E-state index is 12.1. The van der Waals surface area contributed by atoms with E-state index in [4.69, 9.17) is 0 Å². The molecule has 1 amide bonds. The topological polar surface area (TPSA) is 42.0 Å². The molecule has 3 nitrogen and oxygen atoms in total. The number of pyridine rings is 1. The maximum absolute atomic E-state index is 12.1. The van der Waals surface area contributed by atoms with Crippen LogP contribution < -0.4 is 5.32 Å². The van der Waals surface area contributed by atoms with E-state index in [-0.39, 0.29) is 11.9 Å². The van der Waals surface area contributed by atoms with Crippen molar-refractivity contribution in [3.05, 3.63) is 59.9 Å². The number of hydrogen-bond donors (Lipinski definition) is 1. The molecule has 1 aromatic heterocycles. The van der Waals surface area contributed by atoms with E-state index in [1.807, 2.05) is 49.6 Å². The minimum absolute atomic E-state index is 0.0542. The Morgan fingerprint density at radius 1 is 1.26 bits per heavy atom. The van der Waals surface area contributed by atoms with Crippen molar-refractivity contribution in [2.75, 3.05) is 6.26 Å². The van der Waals surface area contributed by atoms with Crippen molar-refractivity contribution in [2.24, 2.45) is 0 Å². The van der Waals surface area contributed by atoms with Crippen molar-refractivity contribution in [3.63, 3.8) is 0 Å². The quantitative estimate of drug-likeness (QED) is 0.868. The Kier molecular flexibility index (Phi) is 4.58. The van der Waals surface area contributed by atoms with E-state index in [0.717, 1.165) is 10.5 Å². The van der Waals surface area contributed by atoms with Crippen molar-refractivity contribution >= 4 is 17.7 Å². The Bertz CT molecular complexity index is 540. The van der Waals surface area contributed by atoms with E-state index in [1.165, 1.54) is 0 Å². The van der Waals surface area contributed by atoms with Gasteiger partial charge in [-0.25, -0.2) is 0 Å². The fourth-order valence-electron chi connectivity index (χ4n) is 1.74. The maximum Gasteiger partial charge on any atom is 0.251 e. The molecule has 0 spiro atoms. The molecule has 19 heavy (non-hydrogen) atoms. The lowest BCUT2D eigenvalue weighted by Crippen LogP contribution is -2.26. The first kappa shape index (κ1) is 13.6. The Hall–Kier alpha value is -1.81. The van der Waals surface area contributed by atoms with Crippen LogP contribution in [0.4, 0.5) is 0 Å². The number of benzene rings is 1. The molecule has 4 heteroatoms. The summed E-state index contributed by atoms with van der Waals surface area (Å²) in [6.07, 6.45) is 5.50. The van der Waals surface area contributed by atoms with Crippen LogP contribution in [0, 0.1) is 0 Å². The molecule has 0 aliphatic rings. The summed E-state index contributed by atoms with van der Waals surface area (Å²) >= 11 is 1.66. The van der Waals surface area contributed by atoms with Gasteiger partial charge in [-0.05, 0) is 49.1 Å². The van der Waals surface area contributed by atoms with Gasteiger partial charge in [-0.1, -0.05) is 6.07 Å². The number of thioether (sulfide) groups is 1. The summed E-state index contributed by atoms with van der Waals surface area (Å²) in [5, 5.41) is 2.96. The van der Waals surface area contributed by atoms with Crippen LogP contribution in [0.2, 0.25) is 0 Å². The van der Waals surface area contributed by atoms with Crippen LogP contribution in [-0.2, 0) is 0 Å². The Labute approximate surface area is 117 Å². The predicted molar refractivity (Wildman–Crippen MR) is 78.3 cm³/mol. The van der Waals surface area contributed by atoms with Crippen LogP contribution in [0.25, 0.3) is 0 Å². The highest BCUT2D eigenvalue weighted by Gasteiger charge is 2.11. The Balaban J connectivity index is 2.04. The van der Waals surface area contributed by atoms with Crippen LogP contribution in [-0.4, -0.2) is 17.1 Å². The summed E-state index contributed by atoms with van der Waals surface area (Å²) in [4.78, 5) is 17.3. The third kappa shape index (κ3) is 3.58. The minimum Gasteiger partial charge on any atom is -0.345 e. The minimum atomic E-state index is -0.0657. The zero-order valence-corrected chi connectivity index (χ0v) is 11.8. The van der Waals surface area contributed by atoms with E-state index < -0.39 is 0 Å². The van der Waals surface area contributed by atoms with Gasteiger partial charge in [-0.3, -0.25) is 9.78 Å². The van der Waals surface area contributed by atoms with Crippen LogP contribution >= 0.6 is 11.8 Å². The molecular weight excluding hydrogens is 256 g/mol. The van der Waals surface area contributed by atoms with Gasteiger partial charge in [0.05, 0.1) is 6.04 Å². The number of amides is 1. The number of nitrogens with one attached hydrogen (secondary N) is 1. The molecule has 0 aliphatic heterocycles. The van der Waals surface area contributed by atoms with Crippen LogP contribution in [0.3, 0.4) is 0 Å². The fourth-order valence-corrected chi connectivity index (χ4v) is 2.15. The van der Waals surface area contributed by atoms with Gasteiger partial charge in [-0.2, -0.15) is 0 Å². The molecule has 0 aliphatic carbocycles. The first-order valence-electron chi connectivity index (χ1n) is 6.05. The Morgan fingerprint density at radius 2 is 2.00 bits per heavy atom. The molecule has 0 bridgehead atoms. The molecule has 0 radical (unpaired) electrons. The highest BCUT2D eigenvalue weighted by Crippen LogP contribution is 2.16. The van der Waals surface area contributed by atoms with Crippen LogP contribution in [0.5, 0.6) is 0 Å². The molecule has 0 fully saturated rings. The molecule has 1 unspecified atom stereocenters. The smallest absolute Gasteiger partial charge is 0.251 e. The molecule has 1 N–H and O–H groups in total. The summed E-state index contributed by atoms with van der Waals surface area (Å²) in [6.45, 7) is 1.95. The predicted octanol–water partition coefficient (Wildman–Crippen LogP) is 3.29. The zero-order valence-electron chi connectivity index (χ0n) is 11.0. The number of carbonyl (C=O) groups is 1. The summed E-state index contributed by atoms with van der Waals surface area (Å²) in [5.74, 6) is -0.0657. The van der Waals surface area contributed by atoms with Crippen molar-refractivity contribution in [3.8, 4) is 0 Å². The first-order valence-corrected chi connectivity index (χ1v) is 7.28. The standard InChI is InChI=1S/C15H16N2OS/c1-11(13-4-3-9-16-10-13)17-15(18)12-5-7-14(19-2)8-6-12/h3-11H,1-2H3,(H,17,18). The van der Waals surface area contributed by atoms with Gasteiger partial charge >= 0.3 is 0 Å². The van der Waals surface area contributed by atoms with Crippen LogP contribution in [0.1, 0.15) is 28.9 Å². The van der Waals surface area contributed by atoms with Crippen molar-refractivity contribution in [1.82, 2.24) is 10.3 Å². The molecule has 2 aromatic rings. The molecule has 1 atom stereocenters. The summed E-state index contributed by atoms with van der Waals surface area (Å²) in [6, 6.07) is 11.4. The first-order chi connectivity index (χ1) is 9.20. The molecular formula is C15H16N2OS. The van der Waals surface area contributed by atoms with Gasteiger partial charge in [0.1, 0.15) is 0 Å². The van der Waals surface area contributed by atoms with E-state index in [2.05, 4.69) is 10.3 Å². The molecule has 98 valence electrons. The normalized spacial score (nSPS) is 11.9. The largest absolute Gasteiger partial charge is 0.345 e. The SMILES string of the molecule is CSc1ccc(C(=O)NC(C)c2cccnc2)cc1. The molecule has 2 rings (SSSR count). The number of hydrogen-bond acceptors (Lipinski definition) is 3. The second kappa shape index (κ2) is 6.38. The van der Waals surface area contributed by atoms with E-state index in [0.29, 0.717) is 5.56 Å². The van der Waals surface area contributed by atoms with Gasteiger partial charge in [0.15, 0.2) is 0 Å². The fraction of sp³-hybridized carbons (Fsp3) is 0.200. The van der Waals surface area contributed by atoms with Gasteiger partial charge in [0.25, 0.3) is 5.91 Å². The summed E-state index contributed by atoms with van der Waals surface area (Å²) in [5.41, 5.74) is 1.67. The summed E-state index contributed by atoms with van der Waals surface area (Å²) < 4.78 is 0. The second-order valence-electron chi connectivity index (χ2n) is 4.21. The lowest BCUT2D eigenvalue weighted by Gasteiger charge is -2.14. The van der Waals surface area contributed by atoms with Crippen molar-refractivity contribution in [1.29, 1.82) is 0 Å². The second-order valence-corrected chi connectivity index (χ2v) is 5.09. The molecule has 1 heterocycles. The van der Waals surface area contributed by atoms with Crippen LogP contribution in [0.15, 0.2) is 53.7 Å². The number of rotatable bonds is 4. The summed E-state index contributed by atoms with van der Waals surface area (Å²) in [7, 11) is 0. The third-order valence-electron chi connectivity index (χ3n) is 2.88. The van der Waals surface area contributed by atoms with Gasteiger partial charge < -0.3 is 5.32 Å². The highest BCUT2D eigenvalue weighted by atomic mass is 32.2. The van der Waals surface area contributed by atoms with Crippen molar-refractivity contribution in [2.45, 2.75) is 17.9 Å². The van der Waals surface area contributed by atoms with Gasteiger partial charge in [0.2, 0.25) is 0 Å². The number of aromatic nitrogens is 1. The average molecular weight is 272 g/mol. The highest BCUT2D eigenvalue weighted by molar-refractivity contribution is 7.98. The van der Waals surface area contributed by atoms with E-state index in [1.54, 1.807) is 24.2 Å².